The molecule has 2 aromatic heterocycles. The summed E-state index contributed by atoms with van der Waals surface area (Å²) in [7, 11) is 0. The number of hydrogen-bond acceptors (Lipinski definition) is 6. The van der Waals surface area contributed by atoms with E-state index in [1.807, 2.05) is 17.0 Å². The van der Waals surface area contributed by atoms with Crippen LogP contribution < -0.4 is 9.64 Å². The van der Waals surface area contributed by atoms with Crippen LogP contribution in [0.15, 0.2) is 61.2 Å². The van der Waals surface area contributed by atoms with Gasteiger partial charge in [-0.05, 0) is 43.5 Å². The molecular weight excluding hydrogens is 497 g/mol. The molecule has 7 nitrogen and oxygen atoms in total. The van der Waals surface area contributed by atoms with Crippen molar-refractivity contribution in [3.8, 4) is 5.88 Å². The molecule has 3 atom stereocenters. The first-order valence-corrected chi connectivity index (χ1v) is 13.1. The molecular formula is C27H29Cl2N5O2. The van der Waals surface area contributed by atoms with Crippen LogP contribution in [-0.2, 0) is 4.79 Å². The van der Waals surface area contributed by atoms with Crippen molar-refractivity contribution in [3.05, 3.63) is 76.8 Å². The molecule has 2 aliphatic heterocycles. The van der Waals surface area contributed by atoms with Crippen LogP contribution in [-0.4, -0.2) is 58.0 Å². The van der Waals surface area contributed by atoms with Gasteiger partial charge in [0.1, 0.15) is 11.9 Å². The average molecular weight is 526 g/mol. The van der Waals surface area contributed by atoms with E-state index in [2.05, 4.69) is 38.9 Å². The van der Waals surface area contributed by atoms with E-state index in [-0.39, 0.29) is 29.8 Å². The molecule has 9 heteroatoms. The summed E-state index contributed by atoms with van der Waals surface area (Å²) in [5.41, 5.74) is 1.16. The molecule has 188 valence electrons. The van der Waals surface area contributed by atoms with Crippen molar-refractivity contribution < 1.29 is 9.53 Å². The summed E-state index contributed by atoms with van der Waals surface area (Å²) in [6, 6.07) is 11.5. The summed E-state index contributed by atoms with van der Waals surface area (Å²) in [5.74, 6) is 1.90. The largest absolute Gasteiger partial charge is 0.474 e. The Hall–Kier alpha value is -2.90. The smallest absolute Gasteiger partial charge is 0.225 e. The van der Waals surface area contributed by atoms with Crippen LogP contribution in [0.5, 0.6) is 5.88 Å². The lowest BCUT2D eigenvalue weighted by Gasteiger charge is -2.33. The summed E-state index contributed by atoms with van der Waals surface area (Å²) in [5, 5.41) is 1.27. The first kappa shape index (κ1) is 24.8. The topological polar surface area (TPSA) is 71.5 Å². The van der Waals surface area contributed by atoms with Crippen LogP contribution in [0.1, 0.15) is 31.2 Å². The van der Waals surface area contributed by atoms with Gasteiger partial charge in [-0.25, -0.2) is 9.97 Å². The molecule has 0 bridgehead atoms. The van der Waals surface area contributed by atoms with Gasteiger partial charge in [-0.15, -0.1) is 0 Å². The number of rotatable bonds is 6. The number of halogens is 2. The fraction of sp³-hybridized carbons (Fsp3) is 0.407. The van der Waals surface area contributed by atoms with Gasteiger partial charge in [0.15, 0.2) is 0 Å². The Morgan fingerprint density at radius 2 is 1.72 bits per heavy atom. The third-order valence-electron chi connectivity index (χ3n) is 7.30. The standard InChI is InChI=1S/C27H29Cl2N5O2/c1-18(36-26-7-6-22(29)14-32-26)23-16-34(17-24(23)19-2-4-21(28)5-3-19)27(35)20-8-12-33(13-9-20)25-15-30-10-11-31-25/h2-7,10-11,14-15,18,20,23-24H,8-9,12-13,16-17H2,1H3/t18-,23+,24?/m0/s1. The Kier molecular flexibility index (Phi) is 7.58. The van der Waals surface area contributed by atoms with Gasteiger partial charge in [-0.1, -0.05) is 35.3 Å². The second-order valence-electron chi connectivity index (χ2n) is 9.53. The van der Waals surface area contributed by atoms with Gasteiger partial charge in [-0.3, -0.25) is 9.78 Å². The lowest BCUT2D eigenvalue weighted by molar-refractivity contribution is -0.135. The molecule has 0 spiro atoms. The number of piperidine rings is 1. The second-order valence-corrected chi connectivity index (χ2v) is 10.4. The van der Waals surface area contributed by atoms with E-state index in [1.165, 1.54) is 0 Å². The predicted octanol–water partition coefficient (Wildman–Crippen LogP) is 5.10. The number of aromatic nitrogens is 3. The number of likely N-dealkylation sites (tertiary alicyclic amines) is 1. The van der Waals surface area contributed by atoms with Gasteiger partial charge in [0.25, 0.3) is 0 Å². The molecule has 1 aromatic carbocycles. The first-order valence-electron chi connectivity index (χ1n) is 12.3. The highest BCUT2D eigenvalue weighted by Gasteiger charge is 2.42. The van der Waals surface area contributed by atoms with E-state index in [0.29, 0.717) is 29.0 Å². The van der Waals surface area contributed by atoms with Gasteiger partial charge < -0.3 is 14.5 Å². The second kappa shape index (κ2) is 11.0. The summed E-state index contributed by atoms with van der Waals surface area (Å²) < 4.78 is 6.21. The number of amides is 1. The van der Waals surface area contributed by atoms with Gasteiger partial charge >= 0.3 is 0 Å². The van der Waals surface area contributed by atoms with E-state index < -0.39 is 0 Å². The molecule has 0 aliphatic carbocycles. The summed E-state index contributed by atoms with van der Waals surface area (Å²) >= 11 is 12.1. The Morgan fingerprint density at radius 1 is 0.972 bits per heavy atom. The third-order valence-corrected chi connectivity index (χ3v) is 7.78. The number of carbonyl (C=O) groups is 1. The summed E-state index contributed by atoms with van der Waals surface area (Å²) in [4.78, 5) is 30.7. The molecule has 0 saturated carbocycles. The van der Waals surface area contributed by atoms with E-state index in [0.717, 1.165) is 37.3 Å². The average Bonchev–Trinajstić information content (AvgIpc) is 3.36. The molecule has 5 rings (SSSR count). The lowest BCUT2D eigenvalue weighted by atomic mass is 9.86. The minimum atomic E-state index is -0.143. The Labute approximate surface area is 221 Å². The fourth-order valence-corrected chi connectivity index (χ4v) is 5.56. The van der Waals surface area contributed by atoms with Crippen molar-refractivity contribution in [3.63, 3.8) is 0 Å². The number of pyridine rings is 1. The van der Waals surface area contributed by atoms with Gasteiger partial charge in [0, 0.05) is 73.6 Å². The molecule has 2 saturated heterocycles. The zero-order valence-electron chi connectivity index (χ0n) is 20.1. The Bertz CT molecular complexity index is 1160. The normalized spacial score (nSPS) is 21.4. The zero-order chi connectivity index (χ0) is 25.1. The Morgan fingerprint density at radius 3 is 2.39 bits per heavy atom. The number of ether oxygens (including phenoxy) is 1. The minimum Gasteiger partial charge on any atom is -0.474 e. The number of anilines is 1. The summed E-state index contributed by atoms with van der Waals surface area (Å²) in [6.07, 6.45) is 8.21. The SMILES string of the molecule is C[C@H](Oc1ccc(Cl)cn1)[C@H]1CN(C(=O)C2CCN(c3cnccn3)CC2)CC1c1ccc(Cl)cc1. The van der Waals surface area contributed by atoms with Gasteiger partial charge in [-0.2, -0.15) is 0 Å². The van der Waals surface area contributed by atoms with Crippen LogP contribution in [0, 0.1) is 11.8 Å². The molecule has 1 amide bonds. The van der Waals surface area contributed by atoms with Crippen LogP contribution >= 0.6 is 23.2 Å². The lowest BCUT2D eigenvalue weighted by Crippen LogP contribution is -2.42. The van der Waals surface area contributed by atoms with E-state index in [1.54, 1.807) is 36.9 Å². The number of carbonyl (C=O) groups excluding carboxylic acids is 1. The van der Waals surface area contributed by atoms with Crippen molar-refractivity contribution in [2.24, 2.45) is 11.8 Å². The molecule has 2 aliphatic rings. The number of hydrogen-bond donors (Lipinski definition) is 0. The van der Waals surface area contributed by atoms with Crippen LogP contribution in [0.25, 0.3) is 0 Å². The molecule has 0 N–H and O–H groups in total. The van der Waals surface area contributed by atoms with E-state index >= 15 is 0 Å². The molecule has 3 aromatic rings. The van der Waals surface area contributed by atoms with E-state index in [4.69, 9.17) is 27.9 Å². The van der Waals surface area contributed by atoms with Crippen LogP contribution in [0.3, 0.4) is 0 Å². The zero-order valence-corrected chi connectivity index (χ0v) is 21.6. The molecule has 36 heavy (non-hydrogen) atoms. The third kappa shape index (κ3) is 5.57. The maximum Gasteiger partial charge on any atom is 0.225 e. The van der Waals surface area contributed by atoms with Crippen molar-refractivity contribution in [1.29, 1.82) is 0 Å². The first-order chi connectivity index (χ1) is 17.5. The highest BCUT2D eigenvalue weighted by molar-refractivity contribution is 6.30. The quantitative estimate of drug-likeness (QED) is 0.445. The number of nitrogens with zero attached hydrogens (tertiary/aromatic N) is 5. The molecule has 2 fully saturated rings. The van der Waals surface area contributed by atoms with Crippen molar-refractivity contribution >= 4 is 34.9 Å². The maximum absolute atomic E-state index is 13.6. The minimum absolute atomic E-state index is 0.0108. The van der Waals surface area contributed by atoms with Crippen molar-refractivity contribution in [2.75, 3.05) is 31.1 Å². The number of benzene rings is 1. The predicted molar refractivity (Wildman–Crippen MR) is 141 cm³/mol. The highest BCUT2D eigenvalue weighted by Crippen LogP contribution is 2.38. The highest BCUT2D eigenvalue weighted by atomic mass is 35.5. The summed E-state index contributed by atoms with van der Waals surface area (Å²) in [6.45, 7) is 4.96. The van der Waals surface area contributed by atoms with Crippen LogP contribution in [0.2, 0.25) is 10.0 Å². The van der Waals surface area contributed by atoms with Gasteiger partial charge in [0.2, 0.25) is 11.8 Å². The maximum atomic E-state index is 13.6. The van der Waals surface area contributed by atoms with E-state index in [9.17, 15) is 4.79 Å². The fourth-order valence-electron chi connectivity index (χ4n) is 5.33. The molecule has 1 unspecified atom stereocenters. The molecule has 0 radical (unpaired) electrons. The van der Waals surface area contributed by atoms with Crippen molar-refractivity contribution in [2.45, 2.75) is 31.8 Å². The molecule has 4 heterocycles. The van der Waals surface area contributed by atoms with Gasteiger partial charge in [0.05, 0.1) is 11.2 Å². The monoisotopic (exact) mass is 525 g/mol. The van der Waals surface area contributed by atoms with Crippen LogP contribution in [0.4, 0.5) is 5.82 Å². The van der Waals surface area contributed by atoms with Crippen molar-refractivity contribution in [1.82, 2.24) is 19.9 Å². The Balaban J connectivity index is 1.28.